The van der Waals surface area contributed by atoms with E-state index in [1.54, 1.807) is 0 Å². The van der Waals surface area contributed by atoms with Gasteiger partial charge < -0.3 is 15.7 Å². The molecule has 0 unspecified atom stereocenters. The third-order valence-corrected chi connectivity index (χ3v) is 4.69. The lowest BCUT2D eigenvalue weighted by Crippen LogP contribution is -2.29. The number of nitrogens with zero attached hydrogens (tertiary/aromatic N) is 2. The van der Waals surface area contributed by atoms with Crippen molar-refractivity contribution in [3.05, 3.63) is 47.9 Å². The number of likely N-dealkylation sites (tertiary alicyclic amines) is 1. The molecule has 0 saturated carbocycles. The standard InChI is InChI=1S/C18H22N4O/c23-17-14(12-22-10-2-1-3-11-22)5-4-13-6-7-15(21-16(13)17)18-19-8-9-20-18/h4-9,18-20,23H,1-3,10-12H2. The van der Waals surface area contributed by atoms with Crippen molar-refractivity contribution in [1.29, 1.82) is 0 Å². The van der Waals surface area contributed by atoms with E-state index in [1.807, 2.05) is 30.6 Å². The molecule has 2 aromatic rings. The van der Waals surface area contributed by atoms with Crippen LogP contribution in [-0.2, 0) is 6.54 Å². The third-order valence-electron chi connectivity index (χ3n) is 4.69. The average molecular weight is 310 g/mol. The second-order valence-corrected chi connectivity index (χ2v) is 6.32. The van der Waals surface area contributed by atoms with Gasteiger partial charge in [-0.05, 0) is 32.0 Å². The number of benzene rings is 1. The maximum absolute atomic E-state index is 10.7. The first-order valence-corrected chi connectivity index (χ1v) is 8.32. The number of fused-ring (bicyclic) bond motifs is 1. The molecular weight excluding hydrogens is 288 g/mol. The van der Waals surface area contributed by atoms with Crippen LogP contribution in [0.5, 0.6) is 5.75 Å². The largest absolute Gasteiger partial charge is 0.505 e. The minimum absolute atomic E-state index is 0.0236. The number of aromatic nitrogens is 1. The number of hydrogen-bond acceptors (Lipinski definition) is 5. The van der Waals surface area contributed by atoms with Crippen molar-refractivity contribution in [2.75, 3.05) is 13.1 Å². The van der Waals surface area contributed by atoms with Gasteiger partial charge in [-0.25, -0.2) is 4.98 Å². The first-order chi connectivity index (χ1) is 11.3. The Morgan fingerprint density at radius 3 is 2.57 bits per heavy atom. The van der Waals surface area contributed by atoms with Gasteiger partial charge >= 0.3 is 0 Å². The van der Waals surface area contributed by atoms with E-state index in [-0.39, 0.29) is 6.17 Å². The van der Waals surface area contributed by atoms with Gasteiger partial charge in [-0.3, -0.25) is 4.90 Å². The van der Waals surface area contributed by atoms with Gasteiger partial charge in [0.25, 0.3) is 0 Å². The highest BCUT2D eigenvalue weighted by Gasteiger charge is 2.17. The summed E-state index contributed by atoms with van der Waals surface area (Å²) in [5, 5.41) is 18.1. The fraction of sp³-hybridized carbons (Fsp3) is 0.389. The Morgan fingerprint density at radius 2 is 1.78 bits per heavy atom. The van der Waals surface area contributed by atoms with Crippen LogP contribution in [0.1, 0.15) is 36.7 Å². The first-order valence-electron chi connectivity index (χ1n) is 8.32. The van der Waals surface area contributed by atoms with Crippen LogP contribution in [0.2, 0.25) is 0 Å². The lowest BCUT2D eigenvalue weighted by molar-refractivity contribution is 0.218. The molecule has 0 radical (unpaired) electrons. The summed E-state index contributed by atoms with van der Waals surface area (Å²) < 4.78 is 0. The molecule has 1 saturated heterocycles. The fourth-order valence-corrected chi connectivity index (χ4v) is 3.38. The van der Waals surface area contributed by atoms with Crippen LogP contribution in [0.4, 0.5) is 0 Å². The molecule has 1 aromatic carbocycles. The number of piperidine rings is 1. The molecule has 3 N–H and O–H groups in total. The van der Waals surface area contributed by atoms with Crippen molar-refractivity contribution >= 4 is 10.9 Å². The molecule has 0 aliphatic carbocycles. The van der Waals surface area contributed by atoms with Crippen LogP contribution in [0.25, 0.3) is 10.9 Å². The fourth-order valence-electron chi connectivity index (χ4n) is 3.38. The SMILES string of the molecule is Oc1c(CN2CCCCC2)ccc2ccc(C3NC=CN3)nc12. The first kappa shape index (κ1) is 14.3. The summed E-state index contributed by atoms with van der Waals surface area (Å²) in [6.07, 6.45) is 7.53. The zero-order valence-corrected chi connectivity index (χ0v) is 13.1. The Bertz CT molecular complexity index is 729. The molecule has 4 rings (SSSR count). The Balaban J connectivity index is 1.65. The van der Waals surface area contributed by atoms with E-state index in [1.165, 1.54) is 19.3 Å². The maximum atomic E-state index is 10.7. The van der Waals surface area contributed by atoms with Crippen molar-refractivity contribution < 1.29 is 5.11 Å². The van der Waals surface area contributed by atoms with E-state index in [2.05, 4.69) is 26.6 Å². The number of aromatic hydroxyl groups is 1. The molecular formula is C18H22N4O. The highest BCUT2D eigenvalue weighted by atomic mass is 16.3. The average Bonchev–Trinajstić information content (AvgIpc) is 3.13. The molecule has 2 aliphatic rings. The molecule has 3 heterocycles. The van der Waals surface area contributed by atoms with Crippen molar-refractivity contribution in [2.24, 2.45) is 0 Å². The van der Waals surface area contributed by atoms with Gasteiger partial charge in [0.1, 0.15) is 17.4 Å². The van der Waals surface area contributed by atoms with Gasteiger partial charge in [-0.2, -0.15) is 0 Å². The van der Waals surface area contributed by atoms with Gasteiger partial charge in [-0.15, -0.1) is 0 Å². The summed E-state index contributed by atoms with van der Waals surface area (Å²) in [4.78, 5) is 7.09. The number of pyridine rings is 1. The zero-order valence-electron chi connectivity index (χ0n) is 13.1. The van der Waals surface area contributed by atoms with Crippen LogP contribution in [0.3, 0.4) is 0 Å². The van der Waals surface area contributed by atoms with E-state index in [4.69, 9.17) is 0 Å². The molecule has 0 bridgehead atoms. The smallest absolute Gasteiger partial charge is 0.146 e. The minimum Gasteiger partial charge on any atom is -0.505 e. The Hall–Kier alpha value is -2.27. The predicted octanol–water partition coefficient (Wildman–Crippen LogP) is 2.59. The summed E-state index contributed by atoms with van der Waals surface area (Å²) >= 11 is 0. The Labute approximate surface area is 136 Å². The molecule has 1 aromatic heterocycles. The molecule has 0 spiro atoms. The molecule has 120 valence electrons. The van der Waals surface area contributed by atoms with Crippen LogP contribution >= 0.6 is 0 Å². The van der Waals surface area contributed by atoms with Gasteiger partial charge in [0, 0.05) is 29.9 Å². The number of hydrogen-bond donors (Lipinski definition) is 3. The van der Waals surface area contributed by atoms with Gasteiger partial charge in [-0.1, -0.05) is 24.6 Å². The summed E-state index contributed by atoms with van der Waals surface area (Å²) in [6, 6.07) is 8.09. The van der Waals surface area contributed by atoms with E-state index in [9.17, 15) is 5.11 Å². The highest BCUT2D eigenvalue weighted by molar-refractivity contribution is 5.85. The number of phenolic OH excluding ortho intramolecular Hbond substituents is 1. The number of phenols is 1. The monoisotopic (exact) mass is 310 g/mol. The van der Waals surface area contributed by atoms with E-state index >= 15 is 0 Å². The summed E-state index contributed by atoms with van der Waals surface area (Å²) in [5.41, 5.74) is 2.54. The minimum atomic E-state index is -0.0236. The maximum Gasteiger partial charge on any atom is 0.146 e. The van der Waals surface area contributed by atoms with Crippen LogP contribution in [0.15, 0.2) is 36.7 Å². The lowest BCUT2D eigenvalue weighted by Gasteiger charge is -2.26. The Morgan fingerprint density at radius 1 is 1.04 bits per heavy atom. The van der Waals surface area contributed by atoms with Crippen molar-refractivity contribution in [2.45, 2.75) is 32.0 Å². The normalized spacial score (nSPS) is 19.0. The Kier molecular flexibility index (Phi) is 3.79. The summed E-state index contributed by atoms with van der Waals surface area (Å²) in [7, 11) is 0. The highest BCUT2D eigenvalue weighted by Crippen LogP contribution is 2.30. The van der Waals surface area contributed by atoms with Crippen molar-refractivity contribution in [3.63, 3.8) is 0 Å². The molecule has 23 heavy (non-hydrogen) atoms. The molecule has 5 heteroatoms. The molecule has 0 amide bonds. The molecule has 2 aliphatic heterocycles. The quantitative estimate of drug-likeness (QED) is 0.813. The number of rotatable bonds is 3. The lowest BCUT2D eigenvalue weighted by atomic mass is 10.1. The van der Waals surface area contributed by atoms with Gasteiger partial charge in [0.05, 0.1) is 5.69 Å². The van der Waals surface area contributed by atoms with E-state index in [0.29, 0.717) is 11.3 Å². The van der Waals surface area contributed by atoms with Crippen molar-refractivity contribution in [3.8, 4) is 5.75 Å². The van der Waals surface area contributed by atoms with Crippen molar-refractivity contribution in [1.82, 2.24) is 20.5 Å². The van der Waals surface area contributed by atoms with Crippen LogP contribution < -0.4 is 10.6 Å². The van der Waals surface area contributed by atoms with E-state index < -0.39 is 0 Å². The third kappa shape index (κ3) is 2.84. The van der Waals surface area contributed by atoms with Gasteiger partial charge in [0.2, 0.25) is 0 Å². The summed E-state index contributed by atoms with van der Waals surface area (Å²) in [5.74, 6) is 0.320. The summed E-state index contributed by atoms with van der Waals surface area (Å²) in [6.45, 7) is 3.04. The topological polar surface area (TPSA) is 60.4 Å². The number of nitrogens with one attached hydrogen (secondary N) is 2. The van der Waals surface area contributed by atoms with E-state index in [0.717, 1.165) is 36.3 Å². The molecule has 1 fully saturated rings. The molecule has 5 nitrogen and oxygen atoms in total. The second kappa shape index (κ2) is 6.08. The van der Waals surface area contributed by atoms with Gasteiger partial charge in [0.15, 0.2) is 0 Å². The zero-order chi connectivity index (χ0) is 15.6. The predicted molar refractivity (Wildman–Crippen MR) is 90.7 cm³/mol. The van der Waals surface area contributed by atoms with Crippen LogP contribution in [0, 0.1) is 0 Å². The van der Waals surface area contributed by atoms with Crippen LogP contribution in [-0.4, -0.2) is 28.1 Å². The molecule has 0 atom stereocenters. The second-order valence-electron chi connectivity index (χ2n) is 6.32.